The van der Waals surface area contributed by atoms with E-state index in [1.54, 1.807) is 6.07 Å². The van der Waals surface area contributed by atoms with Gasteiger partial charge in [0, 0.05) is 4.47 Å². The zero-order chi connectivity index (χ0) is 10.8. The van der Waals surface area contributed by atoms with Crippen LogP contribution in [0.3, 0.4) is 0 Å². The molecule has 0 radical (unpaired) electrons. The highest BCUT2D eigenvalue weighted by atomic mass is 79.9. The fraction of sp³-hybridized carbons (Fsp3) is 0. The maximum Gasteiger partial charge on any atom is 0.164 e. The molecule has 0 unspecified atom stereocenters. The maximum atomic E-state index is 12.8. The van der Waals surface area contributed by atoms with Gasteiger partial charge in [-0.1, -0.05) is 34.1 Å². The number of hydrogen-bond donors (Lipinski definition) is 1. The van der Waals surface area contributed by atoms with Crippen LogP contribution in [0, 0.1) is 5.82 Å². The van der Waals surface area contributed by atoms with Crippen LogP contribution in [0.1, 0.15) is 0 Å². The lowest BCUT2D eigenvalue weighted by Gasteiger charge is -2.03. The number of phenols is 1. The van der Waals surface area contributed by atoms with Crippen molar-refractivity contribution in [1.82, 2.24) is 0 Å². The third kappa shape index (κ3) is 2.18. The molecule has 0 aliphatic heterocycles. The molecular formula is C12H8BrFO. The van der Waals surface area contributed by atoms with Crippen LogP contribution in [0.5, 0.6) is 5.75 Å². The van der Waals surface area contributed by atoms with Gasteiger partial charge in [0.15, 0.2) is 11.6 Å². The molecule has 1 N–H and O–H groups in total. The van der Waals surface area contributed by atoms with Gasteiger partial charge < -0.3 is 5.11 Å². The molecule has 2 aromatic rings. The standard InChI is InChI=1S/C12H8BrFO/c13-10-4-1-8(2-5-10)9-3-6-11(14)12(15)7-9/h1-7,15H. The highest BCUT2D eigenvalue weighted by molar-refractivity contribution is 9.10. The Morgan fingerprint density at radius 1 is 0.933 bits per heavy atom. The van der Waals surface area contributed by atoms with Gasteiger partial charge >= 0.3 is 0 Å². The van der Waals surface area contributed by atoms with Gasteiger partial charge in [0.05, 0.1) is 0 Å². The number of rotatable bonds is 1. The highest BCUT2D eigenvalue weighted by Gasteiger charge is 2.03. The fourth-order valence-electron chi connectivity index (χ4n) is 1.33. The number of aromatic hydroxyl groups is 1. The van der Waals surface area contributed by atoms with Gasteiger partial charge in [-0.2, -0.15) is 0 Å². The predicted octanol–water partition coefficient (Wildman–Crippen LogP) is 3.96. The molecule has 0 amide bonds. The van der Waals surface area contributed by atoms with Gasteiger partial charge in [-0.05, 0) is 35.4 Å². The average molecular weight is 267 g/mol. The van der Waals surface area contributed by atoms with Gasteiger partial charge in [0.2, 0.25) is 0 Å². The maximum absolute atomic E-state index is 12.8. The molecule has 0 aliphatic rings. The van der Waals surface area contributed by atoms with Gasteiger partial charge in [-0.15, -0.1) is 0 Å². The molecule has 0 saturated heterocycles. The first-order chi connectivity index (χ1) is 7.16. The van der Waals surface area contributed by atoms with Crippen LogP contribution in [0.4, 0.5) is 4.39 Å². The van der Waals surface area contributed by atoms with Crippen molar-refractivity contribution in [3.05, 3.63) is 52.8 Å². The quantitative estimate of drug-likeness (QED) is 0.829. The van der Waals surface area contributed by atoms with E-state index in [0.29, 0.717) is 0 Å². The van der Waals surface area contributed by atoms with Crippen molar-refractivity contribution in [3.63, 3.8) is 0 Å². The lowest BCUT2D eigenvalue weighted by molar-refractivity contribution is 0.433. The first kappa shape index (κ1) is 10.2. The Morgan fingerprint density at radius 2 is 1.53 bits per heavy atom. The highest BCUT2D eigenvalue weighted by Crippen LogP contribution is 2.26. The summed E-state index contributed by atoms with van der Waals surface area (Å²) in [5.74, 6) is -0.925. The van der Waals surface area contributed by atoms with Crippen LogP contribution in [0.25, 0.3) is 11.1 Å². The minimum atomic E-state index is -0.601. The van der Waals surface area contributed by atoms with Crippen LogP contribution >= 0.6 is 15.9 Å². The monoisotopic (exact) mass is 266 g/mol. The van der Waals surface area contributed by atoms with E-state index in [0.717, 1.165) is 15.6 Å². The molecular weight excluding hydrogens is 259 g/mol. The molecule has 2 rings (SSSR count). The second-order valence-corrected chi connectivity index (χ2v) is 4.09. The van der Waals surface area contributed by atoms with Crippen LogP contribution in [-0.4, -0.2) is 5.11 Å². The van der Waals surface area contributed by atoms with Gasteiger partial charge in [-0.25, -0.2) is 4.39 Å². The average Bonchev–Trinajstić information content (AvgIpc) is 2.23. The molecule has 0 bridgehead atoms. The van der Waals surface area contributed by atoms with Crippen molar-refractivity contribution in [2.75, 3.05) is 0 Å². The van der Waals surface area contributed by atoms with Crippen LogP contribution in [0.2, 0.25) is 0 Å². The number of hydrogen-bond acceptors (Lipinski definition) is 1. The molecule has 0 saturated carbocycles. The Labute approximate surface area is 95.3 Å². The molecule has 0 spiro atoms. The van der Waals surface area contributed by atoms with Crippen molar-refractivity contribution < 1.29 is 9.50 Å². The summed E-state index contributed by atoms with van der Waals surface area (Å²) < 4.78 is 13.8. The van der Waals surface area contributed by atoms with Crippen molar-refractivity contribution in [2.24, 2.45) is 0 Å². The zero-order valence-electron chi connectivity index (χ0n) is 7.74. The van der Waals surface area contributed by atoms with E-state index in [9.17, 15) is 9.50 Å². The molecule has 3 heteroatoms. The Balaban J connectivity index is 2.45. The van der Waals surface area contributed by atoms with E-state index >= 15 is 0 Å². The molecule has 2 aromatic carbocycles. The summed E-state index contributed by atoms with van der Waals surface area (Å²) in [6.45, 7) is 0. The third-order valence-electron chi connectivity index (χ3n) is 2.12. The Morgan fingerprint density at radius 3 is 2.13 bits per heavy atom. The van der Waals surface area contributed by atoms with Crippen molar-refractivity contribution in [3.8, 4) is 16.9 Å². The summed E-state index contributed by atoms with van der Waals surface area (Å²) in [5.41, 5.74) is 1.73. The van der Waals surface area contributed by atoms with Crippen LogP contribution < -0.4 is 0 Å². The van der Waals surface area contributed by atoms with Gasteiger partial charge in [0.1, 0.15) is 0 Å². The molecule has 1 nitrogen and oxygen atoms in total. The van der Waals surface area contributed by atoms with Gasteiger partial charge in [-0.3, -0.25) is 0 Å². The van der Waals surface area contributed by atoms with E-state index < -0.39 is 5.82 Å². The van der Waals surface area contributed by atoms with Crippen molar-refractivity contribution >= 4 is 15.9 Å². The van der Waals surface area contributed by atoms with Crippen molar-refractivity contribution in [1.29, 1.82) is 0 Å². The zero-order valence-corrected chi connectivity index (χ0v) is 9.33. The molecule has 0 fully saturated rings. The lowest BCUT2D eigenvalue weighted by Crippen LogP contribution is -1.80. The normalized spacial score (nSPS) is 10.3. The van der Waals surface area contributed by atoms with Crippen LogP contribution in [0.15, 0.2) is 46.9 Å². The van der Waals surface area contributed by atoms with E-state index in [-0.39, 0.29) is 5.75 Å². The fourth-order valence-corrected chi connectivity index (χ4v) is 1.60. The summed E-state index contributed by atoms with van der Waals surface area (Å²) in [7, 11) is 0. The SMILES string of the molecule is Oc1cc(-c2ccc(Br)cc2)ccc1F. The molecule has 15 heavy (non-hydrogen) atoms. The first-order valence-electron chi connectivity index (χ1n) is 4.41. The lowest BCUT2D eigenvalue weighted by atomic mass is 10.1. The smallest absolute Gasteiger partial charge is 0.164 e. The minimum absolute atomic E-state index is 0.324. The molecule has 0 aromatic heterocycles. The van der Waals surface area contributed by atoms with Crippen LogP contribution in [-0.2, 0) is 0 Å². The van der Waals surface area contributed by atoms with E-state index in [1.807, 2.05) is 24.3 Å². The predicted molar refractivity (Wildman–Crippen MR) is 61.2 cm³/mol. The summed E-state index contributed by atoms with van der Waals surface area (Å²) in [6.07, 6.45) is 0. The molecule has 76 valence electrons. The minimum Gasteiger partial charge on any atom is -0.505 e. The van der Waals surface area contributed by atoms with Gasteiger partial charge in [0.25, 0.3) is 0 Å². The number of benzene rings is 2. The van der Waals surface area contributed by atoms with E-state index in [2.05, 4.69) is 15.9 Å². The summed E-state index contributed by atoms with van der Waals surface area (Å²) in [4.78, 5) is 0. The Bertz CT molecular complexity index is 479. The van der Waals surface area contributed by atoms with E-state index in [1.165, 1.54) is 12.1 Å². The number of halogens is 2. The second-order valence-electron chi connectivity index (χ2n) is 3.17. The Kier molecular flexibility index (Phi) is 2.73. The largest absolute Gasteiger partial charge is 0.505 e. The summed E-state index contributed by atoms with van der Waals surface area (Å²) in [5, 5.41) is 9.23. The first-order valence-corrected chi connectivity index (χ1v) is 5.20. The summed E-state index contributed by atoms with van der Waals surface area (Å²) in [6, 6.07) is 11.9. The number of phenolic OH excluding ortho intramolecular Hbond substituents is 1. The summed E-state index contributed by atoms with van der Waals surface area (Å²) >= 11 is 3.33. The second kappa shape index (κ2) is 4.03. The third-order valence-corrected chi connectivity index (χ3v) is 2.65. The topological polar surface area (TPSA) is 20.2 Å². The van der Waals surface area contributed by atoms with Crippen molar-refractivity contribution in [2.45, 2.75) is 0 Å². The molecule has 0 atom stereocenters. The molecule has 0 aliphatic carbocycles. The van der Waals surface area contributed by atoms with E-state index in [4.69, 9.17) is 0 Å². The molecule has 0 heterocycles. The Hall–Kier alpha value is -1.35.